The largest absolute Gasteiger partial charge is 0.314 e. The van der Waals surface area contributed by atoms with E-state index in [1.165, 1.54) is 35.7 Å². The highest BCUT2D eigenvalue weighted by Gasteiger charge is 2.11. The fourth-order valence-electron chi connectivity index (χ4n) is 2.17. The van der Waals surface area contributed by atoms with E-state index in [-0.39, 0.29) is 0 Å². The molecule has 1 atom stereocenters. The van der Waals surface area contributed by atoms with E-state index < -0.39 is 0 Å². The van der Waals surface area contributed by atoms with Crippen LogP contribution in [0.5, 0.6) is 0 Å². The Hall–Kier alpha value is -0.340. The Balaban J connectivity index is 2.63. The zero-order valence-corrected chi connectivity index (χ0v) is 13.5. The fourth-order valence-corrected chi connectivity index (χ4v) is 2.58. The molecule has 1 rings (SSSR count). The van der Waals surface area contributed by atoms with Crippen molar-refractivity contribution < 1.29 is 0 Å². The van der Waals surface area contributed by atoms with E-state index in [9.17, 15) is 0 Å². The first-order valence-electron chi connectivity index (χ1n) is 7.12. The van der Waals surface area contributed by atoms with E-state index >= 15 is 0 Å². The lowest BCUT2D eigenvalue weighted by Gasteiger charge is -2.20. The molecule has 0 fully saturated rings. The predicted octanol–water partition coefficient (Wildman–Crippen LogP) is 5.11. The Kier molecular flexibility index (Phi) is 7.60. The monoisotopic (exact) mass is 311 g/mol. The third kappa shape index (κ3) is 6.01. The van der Waals surface area contributed by atoms with Gasteiger partial charge in [-0.3, -0.25) is 0 Å². The third-order valence-corrected chi connectivity index (χ3v) is 3.74. The van der Waals surface area contributed by atoms with Crippen molar-refractivity contribution in [3.63, 3.8) is 0 Å². The molecule has 0 aliphatic carbocycles. The topological polar surface area (TPSA) is 12.0 Å². The summed E-state index contributed by atoms with van der Waals surface area (Å²) in [6.07, 6.45) is 5.24. The second-order valence-electron chi connectivity index (χ2n) is 5.31. The van der Waals surface area contributed by atoms with Crippen LogP contribution < -0.4 is 5.32 Å². The Morgan fingerprint density at radius 3 is 2.61 bits per heavy atom. The summed E-state index contributed by atoms with van der Waals surface area (Å²) in [7, 11) is 0. The number of nitrogens with one attached hydrogen (secondary N) is 1. The van der Waals surface area contributed by atoms with Gasteiger partial charge in [-0.25, -0.2) is 0 Å². The summed E-state index contributed by atoms with van der Waals surface area (Å²) < 4.78 is 1.19. The molecule has 0 aliphatic heterocycles. The molecule has 0 heterocycles. The Bertz CT molecular complexity index is 336. The highest BCUT2D eigenvalue weighted by molar-refractivity contribution is 9.10. The van der Waals surface area contributed by atoms with Crippen LogP contribution >= 0.6 is 15.9 Å². The lowest BCUT2D eigenvalue weighted by atomic mass is 9.93. The zero-order valence-electron chi connectivity index (χ0n) is 11.9. The Labute approximate surface area is 120 Å². The van der Waals surface area contributed by atoms with Crippen molar-refractivity contribution >= 4 is 15.9 Å². The van der Waals surface area contributed by atoms with E-state index in [1.807, 2.05) is 0 Å². The summed E-state index contributed by atoms with van der Waals surface area (Å²) in [6.45, 7) is 7.77. The van der Waals surface area contributed by atoms with E-state index in [1.54, 1.807) is 0 Å². The number of rotatable bonds is 8. The van der Waals surface area contributed by atoms with E-state index in [4.69, 9.17) is 0 Å². The standard InChI is InChI=1S/C16H26BrN/c1-4-5-6-8-15(12-18-13(2)3)14-9-7-10-16(17)11-14/h7,9-11,13,15,18H,4-6,8,12H2,1-3H3. The first-order chi connectivity index (χ1) is 8.63. The maximum Gasteiger partial charge on any atom is 0.0178 e. The second kappa shape index (κ2) is 8.71. The van der Waals surface area contributed by atoms with Gasteiger partial charge in [-0.1, -0.05) is 68.1 Å². The van der Waals surface area contributed by atoms with Gasteiger partial charge in [0.05, 0.1) is 0 Å². The van der Waals surface area contributed by atoms with Crippen molar-refractivity contribution in [2.45, 2.75) is 58.4 Å². The summed E-state index contributed by atoms with van der Waals surface area (Å²) in [6, 6.07) is 9.32. The molecule has 0 bridgehead atoms. The minimum atomic E-state index is 0.561. The molecule has 0 aromatic heterocycles. The summed E-state index contributed by atoms with van der Waals surface area (Å²) in [5.74, 6) is 0.636. The van der Waals surface area contributed by atoms with Gasteiger partial charge in [-0.15, -0.1) is 0 Å². The molecule has 0 radical (unpaired) electrons. The van der Waals surface area contributed by atoms with Gasteiger partial charge in [0.25, 0.3) is 0 Å². The lowest BCUT2D eigenvalue weighted by Crippen LogP contribution is -2.28. The van der Waals surface area contributed by atoms with Crippen LogP contribution in [0.2, 0.25) is 0 Å². The lowest BCUT2D eigenvalue weighted by molar-refractivity contribution is 0.489. The third-order valence-electron chi connectivity index (χ3n) is 3.25. The summed E-state index contributed by atoms with van der Waals surface area (Å²) in [5, 5.41) is 3.58. The number of halogens is 1. The Morgan fingerprint density at radius 2 is 2.00 bits per heavy atom. The van der Waals surface area contributed by atoms with Crippen LogP contribution in [0.4, 0.5) is 0 Å². The van der Waals surface area contributed by atoms with Gasteiger partial charge in [-0.2, -0.15) is 0 Å². The molecular formula is C16H26BrN. The van der Waals surface area contributed by atoms with Gasteiger partial charge in [0.1, 0.15) is 0 Å². The quantitative estimate of drug-likeness (QED) is 0.658. The van der Waals surface area contributed by atoms with Gasteiger partial charge in [0, 0.05) is 17.1 Å². The summed E-state index contributed by atoms with van der Waals surface area (Å²) in [4.78, 5) is 0. The van der Waals surface area contributed by atoms with Crippen LogP contribution in [-0.2, 0) is 0 Å². The second-order valence-corrected chi connectivity index (χ2v) is 6.23. The maximum absolute atomic E-state index is 3.58. The molecule has 0 aliphatic rings. The first-order valence-corrected chi connectivity index (χ1v) is 7.91. The average Bonchev–Trinajstić information content (AvgIpc) is 2.33. The van der Waals surface area contributed by atoms with Crippen LogP contribution in [0, 0.1) is 0 Å². The molecular weight excluding hydrogens is 286 g/mol. The minimum absolute atomic E-state index is 0.561. The number of hydrogen-bond acceptors (Lipinski definition) is 1. The fraction of sp³-hybridized carbons (Fsp3) is 0.625. The molecule has 1 nitrogen and oxygen atoms in total. The zero-order chi connectivity index (χ0) is 13.4. The molecule has 2 heteroatoms. The van der Waals surface area contributed by atoms with Crippen molar-refractivity contribution in [1.29, 1.82) is 0 Å². The number of benzene rings is 1. The van der Waals surface area contributed by atoms with Gasteiger partial charge in [0.15, 0.2) is 0 Å². The minimum Gasteiger partial charge on any atom is -0.314 e. The maximum atomic E-state index is 3.58. The van der Waals surface area contributed by atoms with Gasteiger partial charge in [0.2, 0.25) is 0 Å². The van der Waals surface area contributed by atoms with Gasteiger partial charge >= 0.3 is 0 Å². The average molecular weight is 312 g/mol. The van der Waals surface area contributed by atoms with E-state index in [0.29, 0.717) is 12.0 Å². The van der Waals surface area contributed by atoms with Crippen molar-refractivity contribution in [1.82, 2.24) is 5.32 Å². The highest BCUT2D eigenvalue weighted by atomic mass is 79.9. The normalized spacial score (nSPS) is 12.9. The Morgan fingerprint density at radius 1 is 1.22 bits per heavy atom. The van der Waals surface area contributed by atoms with Crippen molar-refractivity contribution in [3.05, 3.63) is 34.3 Å². The van der Waals surface area contributed by atoms with Gasteiger partial charge < -0.3 is 5.32 Å². The van der Waals surface area contributed by atoms with Crippen molar-refractivity contribution in [2.75, 3.05) is 6.54 Å². The van der Waals surface area contributed by atoms with Crippen LogP contribution in [0.1, 0.15) is 57.9 Å². The van der Waals surface area contributed by atoms with E-state index in [2.05, 4.69) is 66.3 Å². The molecule has 102 valence electrons. The van der Waals surface area contributed by atoms with Crippen molar-refractivity contribution in [3.8, 4) is 0 Å². The molecule has 18 heavy (non-hydrogen) atoms. The van der Waals surface area contributed by atoms with Crippen LogP contribution in [-0.4, -0.2) is 12.6 Å². The SMILES string of the molecule is CCCCCC(CNC(C)C)c1cccc(Br)c1. The van der Waals surface area contributed by atoms with Crippen LogP contribution in [0.25, 0.3) is 0 Å². The molecule has 0 saturated carbocycles. The molecule has 0 amide bonds. The highest BCUT2D eigenvalue weighted by Crippen LogP contribution is 2.24. The first kappa shape index (κ1) is 15.7. The molecule has 0 saturated heterocycles. The molecule has 1 N–H and O–H groups in total. The van der Waals surface area contributed by atoms with Crippen molar-refractivity contribution in [2.24, 2.45) is 0 Å². The van der Waals surface area contributed by atoms with Gasteiger partial charge in [-0.05, 0) is 30.0 Å². The number of unbranched alkanes of at least 4 members (excludes halogenated alkanes) is 2. The number of hydrogen-bond donors (Lipinski definition) is 1. The van der Waals surface area contributed by atoms with Crippen LogP contribution in [0.15, 0.2) is 28.7 Å². The summed E-state index contributed by atoms with van der Waals surface area (Å²) >= 11 is 3.57. The predicted molar refractivity (Wildman–Crippen MR) is 84.2 cm³/mol. The molecule has 1 unspecified atom stereocenters. The smallest absolute Gasteiger partial charge is 0.0178 e. The van der Waals surface area contributed by atoms with E-state index in [0.717, 1.165) is 6.54 Å². The van der Waals surface area contributed by atoms with Crippen LogP contribution in [0.3, 0.4) is 0 Å². The molecule has 1 aromatic rings. The summed E-state index contributed by atoms with van der Waals surface area (Å²) in [5.41, 5.74) is 1.45. The molecule has 1 aromatic carbocycles. The molecule has 0 spiro atoms.